The van der Waals surface area contributed by atoms with Crippen LogP contribution in [0.2, 0.25) is 0 Å². The van der Waals surface area contributed by atoms with Gasteiger partial charge in [-0.15, -0.1) is 0 Å². The Morgan fingerprint density at radius 3 is 2.03 bits per heavy atom. The number of hydrogen-bond acceptors (Lipinski definition) is 3. The molecule has 0 atom stereocenters. The molecule has 0 bridgehead atoms. The number of benzene rings is 2. The zero-order valence-electron chi connectivity index (χ0n) is 17.6. The molecule has 0 heterocycles. The Bertz CT molecular complexity index is 910. The minimum atomic E-state index is -0.877. The highest BCUT2D eigenvalue weighted by atomic mass is 16.5. The van der Waals surface area contributed by atoms with E-state index in [1.165, 1.54) is 11.1 Å². The van der Waals surface area contributed by atoms with Crippen LogP contribution in [0.4, 0.5) is 4.79 Å². The molecule has 0 aromatic heterocycles. The largest absolute Gasteiger partial charge is 0.481 e. The van der Waals surface area contributed by atoms with E-state index in [9.17, 15) is 14.7 Å². The molecule has 0 radical (unpaired) electrons. The average Bonchev–Trinajstić information content (AvgIpc) is 3.06. The van der Waals surface area contributed by atoms with Gasteiger partial charge < -0.3 is 15.2 Å². The molecule has 0 spiro atoms. The lowest BCUT2D eigenvalue weighted by atomic mass is 9.50. The Morgan fingerprint density at radius 1 is 1.00 bits per heavy atom. The van der Waals surface area contributed by atoms with Gasteiger partial charge in [0.2, 0.25) is 0 Å². The number of alkyl carbamates (subject to hydrolysis) is 1. The second-order valence-electron chi connectivity index (χ2n) is 8.83. The van der Waals surface area contributed by atoms with E-state index in [0.29, 0.717) is 12.8 Å². The average molecular weight is 408 g/mol. The molecule has 30 heavy (non-hydrogen) atoms. The Morgan fingerprint density at radius 2 is 1.53 bits per heavy atom. The lowest BCUT2D eigenvalue weighted by molar-refractivity contribution is -0.166. The summed E-state index contributed by atoms with van der Waals surface area (Å²) in [7, 11) is 0. The van der Waals surface area contributed by atoms with Crippen LogP contribution in [0.25, 0.3) is 11.1 Å². The summed E-state index contributed by atoms with van der Waals surface area (Å²) in [5.74, 6) is -0.841. The number of hydrogen-bond donors (Lipinski definition) is 2. The molecule has 2 aliphatic rings. The Balaban J connectivity index is 1.38. The summed E-state index contributed by atoms with van der Waals surface area (Å²) in [6.07, 6.45) is 2.58. The summed E-state index contributed by atoms with van der Waals surface area (Å²) in [6.45, 7) is 4.55. The lowest BCUT2D eigenvalue weighted by Gasteiger charge is -2.53. The van der Waals surface area contributed by atoms with Gasteiger partial charge in [0.25, 0.3) is 0 Å². The van der Waals surface area contributed by atoms with E-state index in [2.05, 4.69) is 43.4 Å². The Hall–Kier alpha value is -2.82. The fourth-order valence-electron chi connectivity index (χ4n) is 5.38. The van der Waals surface area contributed by atoms with Crippen LogP contribution < -0.4 is 5.32 Å². The van der Waals surface area contributed by atoms with Crippen LogP contribution in [0.15, 0.2) is 48.5 Å². The van der Waals surface area contributed by atoms with Gasteiger partial charge in [-0.2, -0.15) is 0 Å². The maximum absolute atomic E-state index is 12.4. The zero-order chi connectivity index (χ0) is 21.4. The summed E-state index contributed by atoms with van der Waals surface area (Å²) in [6, 6.07) is 16.4. The normalized spacial score (nSPS) is 18.1. The monoisotopic (exact) mass is 407 g/mol. The van der Waals surface area contributed by atoms with E-state index >= 15 is 0 Å². The molecular weight excluding hydrogens is 378 g/mol. The van der Waals surface area contributed by atoms with E-state index in [1.54, 1.807) is 0 Å². The fourth-order valence-corrected chi connectivity index (χ4v) is 5.38. The van der Waals surface area contributed by atoms with Crippen molar-refractivity contribution in [3.05, 3.63) is 59.7 Å². The van der Waals surface area contributed by atoms with Gasteiger partial charge in [-0.25, -0.2) is 4.79 Å². The Labute approximate surface area is 177 Å². The lowest BCUT2D eigenvalue weighted by Crippen LogP contribution is -2.56. The first kappa shape index (κ1) is 20.5. The topological polar surface area (TPSA) is 75.6 Å². The molecule has 2 aromatic carbocycles. The van der Waals surface area contributed by atoms with Crippen LogP contribution >= 0.6 is 0 Å². The number of carboxylic acid groups (broad SMARTS) is 1. The van der Waals surface area contributed by atoms with Crippen molar-refractivity contribution in [2.24, 2.45) is 10.8 Å². The summed E-state index contributed by atoms with van der Waals surface area (Å²) in [5, 5.41) is 12.5. The second kappa shape index (κ2) is 7.78. The smallest absolute Gasteiger partial charge is 0.407 e. The van der Waals surface area contributed by atoms with Crippen molar-refractivity contribution in [2.75, 3.05) is 13.2 Å². The second-order valence-corrected chi connectivity index (χ2v) is 8.83. The number of carbonyl (C=O) groups is 2. The maximum atomic E-state index is 12.4. The molecule has 158 valence electrons. The highest BCUT2D eigenvalue weighted by molar-refractivity contribution is 5.79. The van der Waals surface area contributed by atoms with Gasteiger partial charge >= 0.3 is 12.1 Å². The van der Waals surface area contributed by atoms with Crippen molar-refractivity contribution in [1.29, 1.82) is 0 Å². The van der Waals surface area contributed by atoms with Gasteiger partial charge in [-0.05, 0) is 40.5 Å². The van der Waals surface area contributed by atoms with Gasteiger partial charge in [0, 0.05) is 12.5 Å². The van der Waals surface area contributed by atoms with Crippen LogP contribution in [0.3, 0.4) is 0 Å². The van der Waals surface area contributed by atoms with E-state index < -0.39 is 17.5 Å². The first-order chi connectivity index (χ1) is 14.4. The van der Waals surface area contributed by atoms with Gasteiger partial charge in [0.05, 0.1) is 5.41 Å². The van der Waals surface area contributed by atoms with Crippen molar-refractivity contribution in [3.8, 4) is 11.1 Å². The molecule has 5 heteroatoms. The number of carbonyl (C=O) groups excluding carboxylic acids is 1. The first-order valence-corrected chi connectivity index (χ1v) is 10.8. The minimum absolute atomic E-state index is 0.00637. The van der Waals surface area contributed by atoms with Gasteiger partial charge in [-0.1, -0.05) is 75.2 Å². The van der Waals surface area contributed by atoms with Crippen LogP contribution in [0, 0.1) is 10.8 Å². The summed E-state index contributed by atoms with van der Waals surface area (Å²) in [5.41, 5.74) is 3.87. The molecule has 4 rings (SSSR count). The highest BCUT2D eigenvalue weighted by Crippen LogP contribution is 2.58. The molecule has 1 fully saturated rings. The molecule has 1 saturated carbocycles. The van der Waals surface area contributed by atoms with Crippen LogP contribution in [0.5, 0.6) is 0 Å². The number of nitrogens with one attached hydrogen (secondary N) is 1. The first-order valence-electron chi connectivity index (χ1n) is 10.8. The third-order valence-corrected chi connectivity index (χ3v) is 7.30. The molecule has 2 aliphatic carbocycles. The number of fused-ring (bicyclic) bond motifs is 3. The Kier molecular flexibility index (Phi) is 5.31. The van der Waals surface area contributed by atoms with E-state index in [-0.39, 0.29) is 24.5 Å². The highest BCUT2D eigenvalue weighted by Gasteiger charge is 2.57. The van der Waals surface area contributed by atoms with Crippen molar-refractivity contribution in [1.82, 2.24) is 5.32 Å². The van der Waals surface area contributed by atoms with Crippen molar-refractivity contribution < 1.29 is 19.4 Å². The van der Waals surface area contributed by atoms with Gasteiger partial charge in [-0.3, -0.25) is 4.79 Å². The van der Waals surface area contributed by atoms with Gasteiger partial charge in [0.15, 0.2) is 0 Å². The molecule has 2 aromatic rings. The number of ether oxygens (including phenoxy) is 1. The fraction of sp³-hybridized carbons (Fsp3) is 0.440. The molecule has 2 N–H and O–H groups in total. The van der Waals surface area contributed by atoms with E-state index in [1.807, 2.05) is 24.3 Å². The summed E-state index contributed by atoms with van der Waals surface area (Å²) in [4.78, 5) is 24.3. The van der Waals surface area contributed by atoms with Crippen LogP contribution in [0.1, 0.15) is 56.6 Å². The molecule has 5 nitrogen and oxygen atoms in total. The summed E-state index contributed by atoms with van der Waals surface area (Å²) < 4.78 is 5.55. The SMILES string of the molecule is CCC1(CC)CC(CNC(=O)OCC2c3ccccc3-c3ccccc32)(C(=O)O)C1. The van der Waals surface area contributed by atoms with Crippen molar-refractivity contribution in [2.45, 2.75) is 45.4 Å². The third kappa shape index (κ3) is 3.36. The van der Waals surface area contributed by atoms with E-state index in [4.69, 9.17) is 4.74 Å². The van der Waals surface area contributed by atoms with Crippen molar-refractivity contribution in [3.63, 3.8) is 0 Å². The predicted octanol–water partition coefficient (Wildman–Crippen LogP) is 5.20. The standard InChI is InChI=1S/C25H29NO4/c1-3-24(4-2)14-25(15-24,22(27)28)16-26-23(29)30-13-21-19-11-7-5-9-17(19)18-10-6-8-12-20(18)21/h5-12,21H,3-4,13-16H2,1-2H3,(H,26,29)(H,27,28). The molecular formula is C25H29NO4. The van der Waals surface area contributed by atoms with Gasteiger partial charge in [0.1, 0.15) is 6.61 Å². The van der Waals surface area contributed by atoms with Crippen LogP contribution in [-0.2, 0) is 9.53 Å². The molecule has 0 unspecified atom stereocenters. The molecule has 0 aliphatic heterocycles. The quantitative estimate of drug-likeness (QED) is 0.662. The molecule has 1 amide bonds. The third-order valence-electron chi connectivity index (χ3n) is 7.30. The summed E-state index contributed by atoms with van der Waals surface area (Å²) >= 11 is 0. The predicted molar refractivity (Wildman–Crippen MR) is 115 cm³/mol. The molecule has 0 saturated heterocycles. The number of aliphatic carboxylic acids is 1. The minimum Gasteiger partial charge on any atom is -0.481 e. The number of carboxylic acids is 1. The van der Waals surface area contributed by atoms with E-state index in [0.717, 1.165) is 24.0 Å². The van der Waals surface area contributed by atoms with Crippen molar-refractivity contribution >= 4 is 12.1 Å². The zero-order valence-corrected chi connectivity index (χ0v) is 17.6. The maximum Gasteiger partial charge on any atom is 0.407 e. The van der Waals surface area contributed by atoms with Crippen LogP contribution in [-0.4, -0.2) is 30.3 Å². The number of rotatable bonds is 7. The number of amides is 1.